The smallest absolute Gasteiger partial charge is 0.0766 e. The zero-order valence-electron chi connectivity index (χ0n) is 11.5. The molecule has 102 valence electrons. The van der Waals surface area contributed by atoms with Crippen LogP contribution in [0.1, 0.15) is 35.5 Å². The lowest BCUT2D eigenvalue weighted by molar-refractivity contribution is 0.635. The Morgan fingerprint density at radius 2 is 2.16 bits per heavy atom. The maximum atomic E-state index is 6.28. The zero-order chi connectivity index (χ0) is 14.0. The minimum Gasteiger partial charge on any atom is -0.324 e. The average molecular weight is 323 g/mol. The van der Waals surface area contributed by atoms with E-state index < -0.39 is 0 Å². The summed E-state index contributed by atoms with van der Waals surface area (Å²) >= 11 is 3.62. The fourth-order valence-corrected chi connectivity index (χ4v) is 2.93. The van der Waals surface area contributed by atoms with Gasteiger partial charge in [-0.3, -0.25) is 9.67 Å². The lowest BCUT2D eigenvalue weighted by Gasteiger charge is -2.13. The van der Waals surface area contributed by atoms with Gasteiger partial charge in [-0.1, -0.05) is 13.0 Å². The second kappa shape index (κ2) is 5.84. The molecule has 0 aliphatic heterocycles. The Bertz CT molecular complexity index is 577. The van der Waals surface area contributed by atoms with E-state index in [1.165, 1.54) is 0 Å². The summed E-state index contributed by atoms with van der Waals surface area (Å²) in [5.41, 5.74) is 10.7. The Labute approximate surface area is 122 Å². The van der Waals surface area contributed by atoms with Gasteiger partial charge in [0.05, 0.1) is 15.9 Å². The summed E-state index contributed by atoms with van der Waals surface area (Å²) in [5.74, 6) is 0. The molecule has 1 unspecified atom stereocenters. The molecule has 0 aliphatic carbocycles. The molecule has 0 saturated carbocycles. The second-order valence-corrected chi connectivity index (χ2v) is 5.58. The third-order valence-corrected chi connectivity index (χ3v) is 4.16. The average Bonchev–Trinajstić information content (AvgIpc) is 2.66. The SMILES string of the molecule is CCc1nn(C)c(CC(N)c2cncc(C)c2)c1Br. The number of hydrogen-bond acceptors (Lipinski definition) is 3. The highest BCUT2D eigenvalue weighted by molar-refractivity contribution is 9.10. The van der Waals surface area contributed by atoms with E-state index in [0.29, 0.717) is 0 Å². The molecule has 2 rings (SSSR count). The molecule has 0 radical (unpaired) electrons. The van der Waals surface area contributed by atoms with Crippen molar-refractivity contribution in [3.05, 3.63) is 45.4 Å². The Hall–Kier alpha value is -1.20. The van der Waals surface area contributed by atoms with Gasteiger partial charge in [0.2, 0.25) is 0 Å². The number of rotatable bonds is 4. The highest BCUT2D eigenvalue weighted by Crippen LogP contribution is 2.25. The van der Waals surface area contributed by atoms with E-state index in [0.717, 1.165) is 39.8 Å². The van der Waals surface area contributed by atoms with Crippen LogP contribution in [-0.4, -0.2) is 14.8 Å². The summed E-state index contributed by atoms with van der Waals surface area (Å²) in [5, 5.41) is 4.49. The Morgan fingerprint density at radius 3 is 2.74 bits per heavy atom. The normalized spacial score (nSPS) is 12.7. The zero-order valence-corrected chi connectivity index (χ0v) is 13.1. The van der Waals surface area contributed by atoms with Crippen LogP contribution in [0.3, 0.4) is 0 Å². The van der Waals surface area contributed by atoms with Crippen LogP contribution >= 0.6 is 15.9 Å². The first-order chi connectivity index (χ1) is 9.02. The molecule has 1 atom stereocenters. The first-order valence-corrected chi connectivity index (χ1v) is 7.19. The molecular weight excluding hydrogens is 304 g/mol. The topological polar surface area (TPSA) is 56.7 Å². The van der Waals surface area contributed by atoms with Crippen LogP contribution in [0.25, 0.3) is 0 Å². The summed E-state index contributed by atoms with van der Waals surface area (Å²) in [4.78, 5) is 4.20. The van der Waals surface area contributed by atoms with Crippen LogP contribution < -0.4 is 5.73 Å². The van der Waals surface area contributed by atoms with Gasteiger partial charge < -0.3 is 5.73 Å². The fourth-order valence-electron chi connectivity index (χ4n) is 2.15. The van der Waals surface area contributed by atoms with Gasteiger partial charge in [0.1, 0.15) is 0 Å². The molecule has 0 fully saturated rings. The van der Waals surface area contributed by atoms with E-state index in [2.05, 4.69) is 39.0 Å². The number of nitrogens with zero attached hydrogens (tertiary/aromatic N) is 3. The van der Waals surface area contributed by atoms with Gasteiger partial charge in [0.25, 0.3) is 0 Å². The molecule has 2 aromatic rings. The minimum atomic E-state index is -0.0659. The monoisotopic (exact) mass is 322 g/mol. The van der Waals surface area contributed by atoms with Crippen molar-refractivity contribution >= 4 is 15.9 Å². The lowest BCUT2D eigenvalue weighted by Crippen LogP contribution is -2.16. The summed E-state index contributed by atoms with van der Waals surface area (Å²) in [7, 11) is 1.96. The van der Waals surface area contributed by atoms with Crippen LogP contribution in [0, 0.1) is 6.92 Å². The number of aryl methyl sites for hydroxylation is 3. The van der Waals surface area contributed by atoms with Crippen LogP contribution in [0.5, 0.6) is 0 Å². The largest absolute Gasteiger partial charge is 0.324 e. The quantitative estimate of drug-likeness (QED) is 0.941. The summed E-state index contributed by atoms with van der Waals surface area (Å²) in [6.45, 7) is 4.12. The van der Waals surface area contributed by atoms with Crippen molar-refractivity contribution in [2.45, 2.75) is 32.7 Å². The van der Waals surface area contributed by atoms with Crippen LogP contribution in [0.4, 0.5) is 0 Å². The Morgan fingerprint density at radius 1 is 1.42 bits per heavy atom. The van der Waals surface area contributed by atoms with Gasteiger partial charge in [-0.25, -0.2) is 0 Å². The predicted octanol–water partition coefficient (Wildman–Crippen LogP) is 2.69. The van der Waals surface area contributed by atoms with Crippen LogP contribution in [0.15, 0.2) is 22.9 Å². The molecule has 5 heteroatoms. The van der Waals surface area contributed by atoms with Crippen molar-refractivity contribution in [1.29, 1.82) is 0 Å². The van der Waals surface area contributed by atoms with Crippen LogP contribution in [-0.2, 0) is 19.9 Å². The van der Waals surface area contributed by atoms with Crippen molar-refractivity contribution < 1.29 is 0 Å². The highest BCUT2D eigenvalue weighted by atomic mass is 79.9. The fraction of sp³-hybridized carbons (Fsp3) is 0.429. The van der Waals surface area contributed by atoms with Gasteiger partial charge in [-0.2, -0.15) is 5.10 Å². The van der Waals surface area contributed by atoms with E-state index >= 15 is 0 Å². The standard InChI is InChI=1S/C14H19BrN4/c1-4-12-14(15)13(19(3)18-12)6-11(16)10-5-9(2)7-17-8-10/h5,7-8,11H,4,6,16H2,1-3H3. The van der Waals surface area contributed by atoms with Gasteiger partial charge in [0.15, 0.2) is 0 Å². The molecule has 0 bridgehead atoms. The molecule has 0 spiro atoms. The van der Waals surface area contributed by atoms with E-state index in [4.69, 9.17) is 5.73 Å². The maximum Gasteiger partial charge on any atom is 0.0766 e. The number of pyridine rings is 1. The molecule has 4 nitrogen and oxygen atoms in total. The van der Waals surface area contributed by atoms with Crippen molar-refractivity contribution in [3.8, 4) is 0 Å². The van der Waals surface area contributed by atoms with Crippen molar-refractivity contribution in [2.24, 2.45) is 12.8 Å². The lowest BCUT2D eigenvalue weighted by atomic mass is 10.0. The number of aromatic nitrogens is 3. The number of hydrogen-bond donors (Lipinski definition) is 1. The van der Waals surface area contributed by atoms with E-state index in [9.17, 15) is 0 Å². The third-order valence-electron chi connectivity index (χ3n) is 3.24. The van der Waals surface area contributed by atoms with Crippen LogP contribution in [0.2, 0.25) is 0 Å². The van der Waals surface area contributed by atoms with E-state index in [1.807, 2.05) is 31.0 Å². The molecule has 19 heavy (non-hydrogen) atoms. The minimum absolute atomic E-state index is 0.0659. The maximum absolute atomic E-state index is 6.28. The molecule has 2 heterocycles. The highest BCUT2D eigenvalue weighted by Gasteiger charge is 2.16. The molecule has 0 saturated heterocycles. The van der Waals surface area contributed by atoms with Gasteiger partial charge in [-0.15, -0.1) is 0 Å². The predicted molar refractivity (Wildman–Crippen MR) is 79.9 cm³/mol. The van der Waals surface area contributed by atoms with Gasteiger partial charge >= 0.3 is 0 Å². The molecule has 0 aromatic carbocycles. The van der Waals surface area contributed by atoms with Crippen molar-refractivity contribution in [2.75, 3.05) is 0 Å². The first-order valence-electron chi connectivity index (χ1n) is 6.40. The molecular formula is C14H19BrN4. The van der Waals surface area contributed by atoms with Crippen molar-refractivity contribution in [3.63, 3.8) is 0 Å². The number of halogens is 1. The molecule has 0 amide bonds. The molecule has 2 N–H and O–H groups in total. The van der Waals surface area contributed by atoms with Crippen molar-refractivity contribution in [1.82, 2.24) is 14.8 Å². The molecule has 2 aromatic heterocycles. The summed E-state index contributed by atoms with van der Waals surface area (Å²) < 4.78 is 2.99. The van der Waals surface area contributed by atoms with Gasteiger partial charge in [-0.05, 0) is 40.4 Å². The van der Waals surface area contributed by atoms with E-state index in [-0.39, 0.29) is 6.04 Å². The summed E-state index contributed by atoms with van der Waals surface area (Å²) in [6, 6.07) is 2.02. The van der Waals surface area contributed by atoms with Gasteiger partial charge in [0, 0.05) is 31.9 Å². The Balaban J connectivity index is 2.24. The third kappa shape index (κ3) is 3.04. The molecule has 0 aliphatic rings. The number of nitrogens with two attached hydrogens (primary N) is 1. The first kappa shape index (κ1) is 14.2. The second-order valence-electron chi connectivity index (χ2n) is 4.79. The Kier molecular flexibility index (Phi) is 4.37. The van der Waals surface area contributed by atoms with E-state index in [1.54, 1.807) is 0 Å². The summed E-state index contributed by atoms with van der Waals surface area (Å²) in [6.07, 6.45) is 5.33.